The van der Waals surface area contributed by atoms with E-state index in [1.807, 2.05) is 20.8 Å². The van der Waals surface area contributed by atoms with Gasteiger partial charge in [0.1, 0.15) is 0 Å². The van der Waals surface area contributed by atoms with Crippen LogP contribution in [-0.4, -0.2) is 16.2 Å². The molecule has 0 heterocycles. The minimum absolute atomic E-state index is 0.309. The van der Waals surface area contributed by atoms with Gasteiger partial charge in [0.15, 0.2) is 0 Å². The summed E-state index contributed by atoms with van der Waals surface area (Å²) in [5.41, 5.74) is 0. The highest BCUT2D eigenvalue weighted by atomic mass is 31.2. The van der Waals surface area contributed by atoms with Crippen LogP contribution < -0.4 is 0 Å². The Morgan fingerprint density at radius 3 is 1.85 bits per heavy atom. The molecule has 0 aromatic carbocycles. The molecule has 3 heteroatoms. The molecule has 2 nitrogen and oxygen atoms in total. The molecule has 0 bridgehead atoms. The van der Waals surface area contributed by atoms with Crippen molar-refractivity contribution in [3.05, 3.63) is 0 Å². The molecule has 0 aromatic heterocycles. The van der Waals surface area contributed by atoms with Gasteiger partial charge in [-0.25, -0.2) is 0 Å². The lowest BCUT2D eigenvalue weighted by atomic mass is 9.97. The highest BCUT2D eigenvalue weighted by Gasteiger charge is 2.41. The van der Waals surface area contributed by atoms with Crippen molar-refractivity contribution in [2.75, 3.05) is 6.16 Å². The molecule has 0 fully saturated rings. The van der Waals surface area contributed by atoms with Gasteiger partial charge in [0, 0.05) is 11.3 Å². The van der Waals surface area contributed by atoms with E-state index in [1.54, 1.807) is 0 Å². The fraction of sp³-hybridized carbons (Fsp3) is 1.00. The molecule has 0 aromatic rings. The normalized spacial score (nSPS) is 17.0. The van der Waals surface area contributed by atoms with E-state index in [-0.39, 0.29) is 5.16 Å². The summed E-state index contributed by atoms with van der Waals surface area (Å²) in [5.74, 6) is 0. The fourth-order valence-electron chi connectivity index (χ4n) is 2.07. The molecule has 80 valence electrons. The summed E-state index contributed by atoms with van der Waals surface area (Å²) >= 11 is 0. The topological polar surface area (TPSA) is 37.3 Å². The van der Waals surface area contributed by atoms with Crippen LogP contribution in [0.3, 0.4) is 0 Å². The van der Waals surface area contributed by atoms with Crippen molar-refractivity contribution in [3.63, 3.8) is 0 Å². The maximum absolute atomic E-state index is 12.0. The number of rotatable bonds is 6. The van der Waals surface area contributed by atoms with Gasteiger partial charge in [-0.1, -0.05) is 34.1 Å². The Hall–Kier alpha value is 0.190. The molecule has 0 aliphatic heterocycles. The highest BCUT2D eigenvalue weighted by Crippen LogP contribution is 2.59. The van der Waals surface area contributed by atoms with Gasteiger partial charge < -0.3 is 4.89 Å². The van der Waals surface area contributed by atoms with Gasteiger partial charge in [-0.15, -0.1) is 0 Å². The molecule has 1 N–H and O–H groups in total. The minimum atomic E-state index is -2.93. The molecule has 0 rings (SSSR count). The molecule has 0 aliphatic carbocycles. The predicted molar refractivity (Wildman–Crippen MR) is 58.6 cm³/mol. The fourth-order valence-corrected chi connectivity index (χ4v) is 4.31. The molecular weight excluding hydrogens is 183 g/mol. The van der Waals surface area contributed by atoms with Gasteiger partial charge in [0.05, 0.1) is 0 Å². The summed E-state index contributed by atoms with van der Waals surface area (Å²) in [4.78, 5) is 9.92. The van der Waals surface area contributed by atoms with Gasteiger partial charge in [0.25, 0.3) is 0 Å². The maximum atomic E-state index is 12.0. The first-order chi connectivity index (χ1) is 5.99. The summed E-state index contributed by atoms with van der Waals surface area (Å²) in [6.45, 7) is 7.95. The second kappa shape index (κ2) is 5.17. The first-order valence-corrected chi connectivity index (χ1v) is 7.16. The average molecular weight is 206 g/mol. The third kappa shape index (κ3) is 2.57. The molecule has 0 aliphatic rings. The van der Waals surface area contributed by atoms with Crippen LogP contribution in [0.4, 0.5) is 0 Å². The molecule has 1 unspecified atom stereocenters. The lowest BCUT2D eigenvalue weighted by Crippen LogP contribution is -2.28. The molecule has 0 amide bonds. The minimum Gasteiger partial charge on any atom is -0.344 e. The van der Waals surface area contributed by atoms with Crippen LogP contribution in [0, 0.1) is 0 Å². The molecular formula is C10H23O2P. The van der Waals surface area contributed by atoms with Gasteiger partial charge in [0.2, 0.25) is 7.37 Å². The van der Waals surface area contributed by atoms with Crippen LogP contribution in [0.25, 0.3) is 0 Å². The van der Waals surface area contributed by atoms with Gasteiger partial charge in [-0.2, -0.15) is 0 Å². The third-order valence-electron chi connectivity index (χ3n) is 3.20. The largest absolute Gasteiger partial charge is 0.344 e. The predicted octanol–water partition coefficient (Wildman–Crippen LogP) is 3.64. The molecule has 1 atom stereocenters. The standard InChI is InChI=1S/C10H23O2P/c1-5-9-10(6-2,7-3)13(11,12)8-4/h5-9H2,1-4H3,(H,11,12). The first-order valence-electron chi connectivity index (χ1n) is 5.31. The Kier molecular flexibility index (Phi) is 5.24. The monoisotopic (exact) mass is 206 g/mol. The Balaban J connectivity index is 4.85. The van der Waals surface area contributed by atoms with E-state index < -0.39 is 7.37 Å². The Morgan fingerprint density at radius 2 is 1.62 bits per heavy atom. The third-order valence-corrected chi connectivity index (χ3v) is 6.40. The quantitative estimate of drug-likeness (QED) is 0.674. The van der Waals surface area contributed by atoms with E-state index in [4.69, 9.17) is 0 Å². The molecule has 13 heavy (non-hydrogen) atoms. The van der Waals surface area contributed by atoms with Crippen molar-refractivity contribution >= 4 is 7.37 Å². The van der Waals surface area contributed by atoms with Crippen molar-refractivity contribution < 1.29 is 9.46 Å². The molecule has 0 saturated carbocycles. The highest BCUT2D eigenvalue weighted by molar-refractivity contribution is 7.59. The summed E-state index contributed by atoms with van der Waals surface area (Å²) in [5, 5.41) is -0.309. The Morgan fingerprint density at radius 1 is 1.15 bits per heavy atom. The van der Waals surface area contributed by atoms with Crippen molar-refractivity contribution in [3.8, 4) is 0 Å². The van der Waals surface area contributed by atoms with E-state index in [9.17, 15) is 9.46 Å². The van der Waals surface area contributed by atoms with Crippen LogP contribution in [-0.2, 0) is 4.57 Å². The maximum Gasteiger partial charge on any atom is 0.206 e. The van der Waals surface area contributed by atoms with Gasteiger partial charge in [-0.05, 0) is 19.3 Å². The van der Waals surface area contributed by atoms with E-state index in [0.717, 1.165) is 25.7 Å². The lowest BCUT2D eigenvalue weighted by Gasteiger charge is -2.35. The van der Waals surface area contributed by atoms with Crippen molar-refractivity contribution in [1.29, 1.82) is 0 Å². The zero-order valence-corrected chi connectivity index (χ0v) is 10.2. The van der Waals surface area contributed by atoms with Gasteiger partial charge in [-0.3, -0.25) is 4.57 Å². The summed E-state index contributed by atoms with van der Waals surface area (Å²) in [7, 11) is -2.93. The zero-order valence-electron chi connectivity index (χ0n) is 9.34. The smallest absolute Gasteiger partial charge is 0.206 e. The van der Waals surface area contributed by atoms with E-state index in [2.05, 4.69) is 6.92 Å². The molecule has 0 saturated heterocycles. The summed E-state index contributed by atoms with van der Waals surface area (Å²) < 4.78 is 12.0. The van der Waals surface area contributed by atoms with Crippen LogP contribution in [0.5, 0.6) is 0 Å². The van der Waals surface area contributed by atoms with Crippen LogP contribution in [0.15, 0.2) is 0 Å². The van der Waals surface area contributed by atoms with Crippen LogP contribution in [0.2, 0.25) is 0 Å². The summed E-state index contributed by atoms with van der Waals surface area (Å²) in [6.07, 6.45) is 3.92. The lowest BCUT2D eigenvalue weighted by molar-refractivity contribution is 0.383. The number of hydrogen-bond donors (Lipinski definition) is 1. The Bertz CT molecular complexity index is 185. The van der Waals surface area contributed by atoms with Crippen LogP contribution in [0.1, 0.15) is 53.4 Å². The zero-order chi connectivity index (χ0) is 10.5. The molecule has 0 spiro atoms. The second-order valence-electron chi connectivity index (χ2n) is 3.70. The second-order valence-corrected chi connectivity index (χ2v) is 6.68. The van der Waals surface area contributed by atoms with E-state index >= 15 is 0 Å². The SMILES string of the molecule is CCCC(CC)(CC)P(=O)(O)CC. The van der Waals surface area contributed by atoms with Crippen molar-refractivity contribution in [2.45, 2.75) is 58.5 Å². The van der Waals surface area contributed by atoms with Crippen LogP contribution >= 0.6 is 7.37 Å². The van der Waals surface area contributed by atoms with Crippen molar-refractivity contribution in [1.82, 2.24) is 0 Å². The summed E-state index contributed by atoms with van der Waals surface area (Å²) in [6, 6.07) is 0. The number of hydrogen-bond acceptors (Lipinski definition) is 1. The average Bonchev–Trinajstić information content (AvgIpc) is 2.14. The van der Waals surface area contributed by atoms with Gasteiger partial charge >= 0.3 is 0 Å². The van der Waals surface area contributed by atoms with E-state index in [0.29, 0.717) is 6.16 Å². The molecule has 0 radical (unpaired) electrons. The van der Waals surface area contributed by atoms with Crippen molar-refractivity contribution in [2.24, 2.45) is 0 Å². The first kappa shape index (κ1) is 13.2. The van der Waals surface area contributed by atoms with E-state index in [1.165, 1.54) is 0 Å². The Labute approximate surface area is 82.2 Å².